The van der Waals surface area contributed by atoms with Gasteiger partial charge in [-0.1, -0.05) is 0 Å². The van der Waals surface area contributed by atoms with Crippen molar-refractivity contribution in [2.75, 3.05) is 0 Å². The van der Waals surface area contributed by atoms with Crippen LogP contribution in [0.1, 0.15) is 9.75 Å². The van der Waals surface area contributed by atoms with Gasteiger partial charge in [-0.15, -0.1) is 11.3 Å². The lowest BCUT2D eigenvalue weighted by molar-refractivity contribution is 1.92. The second-order valence-corrected chi connectivity index (χ2v) is 8.80. The van der Waals surface area contributed by atoms with Gasteiger partial charge in [-0.3, -0.25) is 0 Å². The first kappa shape index (κ1) is 12.2. The van der Waals surface area contributed by atoms with E-state index in [4.69, 9.17) is 0 Å². The van der Waals surface area contributed by atoms with Crippen molar-refractivity contribution in [1.82, 2.24) is 0 Å². The van der Waals surface area contributed by atoms with E-state index in [2.05, 4.69) is 75.9 Å². The van der Waals surface area contributed by atoms with Crippen LogP contribution in [-0.2, 0) is 0 Å². The summed E-state index contributed by atoms with van der Waals surface area (Å²) in [4.78, 5) is 2.41. The molecule has 0 N–H and O–H groups in total. The fourth-order valence-corrected chi connectivity index (χ4v) is 3.23. The van der Waals surface area contributed by atoms with E-state index in [1.54, 1.807) is 11.3 Å². The van der Waals surface area contributed by atoms with Crippen LogP contribution in [0.15, 0.2) is 18.9 Å². The Morgan fingerprint density at radius 3 is 1.62 bits per heavy atom. The van der Waals surface area contributed by atoms with Crippen LogP contribution in [0.3, 0.4) is 0 Å². The molecule has 0 radical (unpaired) electrons. The first-order valence-corrected chi connectivity index (χ1v) is 7.22. The highest BCUT2D eigenvalue weighted by Gasteiger charge is 1.96. The van der Waals surface area contributed by atoms with Gasteiger partial charge in [-0.05, 0) is 88.0 Å². The van der Waals surface area contributed by atoms with Gasteiger partial charge in [0, 0.05) is 9.75 Å². The molecule has 0 unspecified atom stereocenters. The number of hydrogen-bond donors (Lipinski definition) is 0. The normalized spacial score (nSPS) is 9.54. The second-order valence-electron chi connectivity index (χ2n) is 2.11. The largest absolute Gasteiger partial charge is 0.136 e. The molecule has 1 aromatic rings. The molecule has 5 heteroatoms. The molecular formula is C8H4Br4S. The highest BCUT2D eigenvalue weighted by atomic mass is 79.9. The lowest BCUT2D eigenvalue weighted by atomic mass is 10.4. The summed E-state index contributed by atoms with van der Waals surface area (Å²) in [6.45, 7) is 0. The van der Waals surface area contributed by atoms with E-state index in [1.165, 1.54) is 9.75 Å². The van der Waals surface area contributed by atoms with E-state index in [0.29, 0.717) is 0 Å². The van der Waals surface area contributed by atoms with Crippen LogP contribution in [0.5, 0.6) is 0 Å². The molecule has 0 aliphatic heterocycles. The van der Waals surface area contributed by atoms with E-state index in [1.807, 2.05) is 12.2 Å². The van der Waals surface area contributed by atoms with Crippen molar-refractivity contribution in [3.8, 4) is 0 Å². The van der Waals surface area contributed by atoms with E-state index in [-0.39, 0.29) is 0 Å². The van der Waals surface area contributed by atoms with Crippen LogP contribution in [0, 0.1) is 0 Å². The third-order valence-electron chi connectivity index (χ3n) is 1.15. The van der Waals surface area contributed by atoms with Gasteiger partial charge in [0.1, 0.15) is 0 Å². The molecule has 1 rings (SSSR count). The maximum absolute atomic E-state index is 3.32. The van der Waals surface area contributed by atoms with Crippen LogP contribution >= 0.6 is 75.1 Å². The third kappa shape index (κ3) is 4.93. The fraction of sp³-hybridized carbons (Fsp3) is 0. The molecule has 70 valence electrons. The topological polar surface area (TPSA) is 0 Å². The minimum absolute atomic E-state index is 0.954. The molecule has 0 aromatic carbocycles. The monoisotopic (exact) mass is 448 g/mol. The Balaban J connectivity index is 2.87. The number of rotatable bonds is 2. The molecule has 0 atom stereocenters. The van der Waals surface area contributed by atoms with Gasteiger partial charge in [0.25, 0.3) is 0 Å². The van der Waals surface area contributed by atoms with E-state index in [0.717, 1.165) is 6.78 Å². The van der Waals surface area contributed by atoms with Gasteiger partial charge in [0.2, 0.25) is 0 Å². The predicted octanol–water partition coefficient (Wildman–Crippen LogP) is 5.92. The molecule has 0 nitrogen and oxygen atoms in total. The van der Waals surface area contributed by atoms with Crippen molar-refractivity contribution < 1.29 is 0 Å². The summed E-state index contributed by atoms with van der Waals surface area (Å²) in [6, 6.07) is 4.14. The summed E-state index contributed by atoms with van der Waals surface area (Å²) in [5, 5.41) is 0. The minimum Gasteiger partial charge on any atom is -0.136 e. The zero-order valence-electron chi connectivity index (χ0n) is 6.23. The summed E-state index contributed by atoms with van der Waals surface area (Å²) >= 11 is 15.0. The molecule has 0 saturated heterocycles. The van der Waals surface area contributed by atoms with Gasteiger partial charge >= 0.3 is 0 Å². The summed E-state index contributed by atoms with van der Waals surface area (Å²) in [5.74, 6) is 0. The van der Waals surface area contributed by atoms with Crippen LogP contribution in [-0.4, -0.2) is 0 Å². The van der Waals surface area contributed by atoms with Crippen LogP contribution in [0.2, 0.25) is 0 Å². The molecule has 0 aliphatic carbocycles. The zero-order valence-corrected chi connectivity index (χ0v) is 13.4. The van der Waals surface area contributed by atoms with E-state index >= 15 is 0 Å². The maximum Gasteiger partial charge on any atom is 0.0618 e. The molecule has 1 heterocycles. The molecule has 0 spiro atoms. The third-order valence-corrected chi connectivity index (χ3v) is 3.05. The Bertz CT molecular complexity index is 310. The van der Waals surface area contributed by atoms with Gasteiger partial charge in [-0.2, -0.15) is 0 Å². The first-order valence-electron chi connectivity index (χ1n) is 3.23. The average Bonchev–Trinajstić information content (AvgIpc) is 2.33. The summed E-state index contributed by atoms with van der Waals surface area (Å²) < 4.78 is 1.91. The lowest BCUT2D eigenvalue weighted by Crippen LogP contribution is -1.55. The van der Waals surface area contributed by atoms with Crippen LogP contribution in [0.25, 0.3) is 12.2 Å². The molecule has 0 amide bonds. The molecule has 13 heavy (non-hydrogen) atoms. The van der Waals surface area contributed by atoms with Crippen molar-refractivity contribution in [1.29, 1.82) is 0 Å². The Labute approximate surface area is 115 Å². The summed E-state index contributed by atoms with van der Waals surface area (Å²) in [5.41, 5.74) is 0. The summed E-state index contributed by atoms with van der Waals surface area (Å²) in [6.07, 6.45) is 4.04. The predicted molar refractivity (Wildman–Crippen MR) is 76.0 cm³/mol. The van der Waals surface area contributed by atoms with Crippen molar-refractivity contribution in [2.45, 2.75) is 0 Å². The molecule has 0 aliphatic rings. The quantitative estimate of drug-likeness (QED) is 0.523. The fourth-order valence-electron chi connectivity index (χ4n) is 0.739. The van der Waals surface area contributed by atoms with Gasteiger partial charge < -0.3 is 0 Å². The standard InChI is InChI=1S/C8H4Br4S/c9-7(10)3-5-1-2-6(13-5)4-8(11)12/h1-4H. The Hall–Kier alpha value is 1.10. The van der Waals surface area contributed by atoms with Crippen molar-refractivity contribution in [3.05, 3.63) is 28.7 Å². The second kappa shape index (κ2) is 5.85. The Kier molecular flexibility index (Phi) is 5.48. The Morgan fingerprint density at radius 1 is 0.923 bits per heavy atom. The van der Waals surface area contributed by atoms with Crippen molar-refractivity contribution >= 4 is 87.2 Å². The Morgan fingerprint density at radius 2 is 1.31 bits per heavy atom. The van der Waals surface area contributed by atoms with Gasteiger partial charge in [-0.25, -0.2) is 0 Å². The lowest BCUT2D eigenvalue weighted by Gasteiger charge is -1.84. The maximum atomic E-state index is 3.32. The molecular weight excluding hydrogens is 448 g/mol. The van der Waals surface area contributed by atoms with Crippen molar-refractivity contribution in [2.24, 2.45) is 0 Å². The van der Waals surface area contributed by atoms with Gasteiger partial charge in [0.05, 0.1) is 6.78 Å². The zero-order chi connectivity index (χ0) is 9.84. The SMILES string of the molecule is BrC(Br)=Cc1ccc(C=C(Br)Br)s1. The highest BCUT2D eigenvalue weighted by molar-refractivity contribution is 9.28. The van der Waals surface area contributed by atoms with Crippen molar-refractivity contribution in [3.63, 3.8) is 0 Å². The van der Waals surface area contributed by atoms with E-state index < -0.39 is 0 Å². The summed E-state index contributed by atoms with van der Waals surface area (Å²) in [7, 11) is 0. The van der Waals surface area contributed by atoms with Crippen LogP contribution < -0.4 is 0 Å². The smallest absolute Gasteiger partial charge is 0.0618 e. The number of thiophene rings is 1. The first-order chi connectivity index (χ1) is 6.08. The highest BCUT2D eigenvalue weighted by Crippen LogP contribution is 2.27. The molecule has 0 fully saturated rings. The van der Waals surface area contributed by atoms with Crippen LogP contribution in [0.4, 0.5) is 0 Å². The molecule has 0 saturated carbocycles. The number of halogens is 4. The number of hydrogen-bond acceptors (Lipinski definition) is 1. The molecule has 0 bridgehead atoms. The van der Waals surface area contributed by atoms with E-state index in [9.17, 15) is 0 Å². The average molecular weight is 452 g/mol. The van der Waals surface area contributed by atoms with Gasteiger partial charge in [0.15, 0.2) is 0 Å². The molecule has 1 aromatic heterocycles. The minimum atomic E-state index is 0.954.